The molecule has 0 spiro atoms. The minimum absolute atomic E-state index is 0.193. The molecular weight excluding hydrogens is 219 g/mol. The lowest BCUT2D eigenvalue weighted by atomic mass is 10.3. The van der Waals surface area contributed by atoms with E-state index in [9.17, 15) is 0 Å². The third-order valence-electron chi connectivity index (χ3n) is 2.02. The summed E-state index contributed by atoms with van der Waals surface area (Å²) in [6.45, 7) is 2.89. The molecule has 0 aromatic carbocycles. The predicted molar refractivity (Wildman–Crippen MR) is 62.4 cm³/mol. The zero-order valence-corrected chi connectivity index (χ0v) is 9.89. The topological polar surface area (TPSA) is 16.1 Å². The lowest BCUT2D eigenvalue weighted by Crippen LogP contribution is -2.20. The molecule has 4 heteroatoms. The van der Waals surface area contributed by atoms with E-state index in [1.165, 1.54) is 0 Å². The maximum atomic E-state index is 6.00. The molecule has 0 aliphatic heterocycles. The summed E-state index contributed by atoms with van der Waals surface area (Å²) in [7, 11) is 2.00. The lowest BCUT2D eigenvalue weighted by Gasteiger charge is -2.20. The first-order valence-corrected chi connectivity index (χ1v) is 5.37. The van der Waals surface area contributed by atoms with Gasteiger partial charge in [0.05, 0.1) is 10.7 Å². The number of aromatic nitrogens is 1. The van der Waals surface area contributed by atoms with Crippen molar-refractivity contribution < 1.29 is 0 Å². The van der Waals surface area contributed by atoms with Crippen LogP contribution in [0.2, 0.25) is 5.02 Å². The normalized spacial score (nSPS) is 12.6. The summed E-state index contributed by atoms with van der Waals surface area (Å²) in [5.41, 5.74) is 0.999. The molecule has 0 bridgehead atoms. The Bertz CT molecular complexity index is 289. The van der Waals surface area contributed by atoms with Crippen LogP contribution in [0, 0.1) is 0 Å². The van der Waals surface area contributed by atoms with Crippen LogP contribution in [0.5, 0.6) is 0 Å². The van der Waals surface area contributed by atoms with Gasteiger partial charge in [-0.2, -0.15) is 0 Å². The summed E-state index contributed by atoms with van der Waals surface area (Å²) in [6.07, 6.45) is 4.33. The molecule has 0 aliphatic carbocycles. The number of rotatable bonds is 4. The van der Waals surface area contributed by atoms with Gasteiger partial charge in [0.2, 0.25) is 0 Å². The molecule has 1 aromatic rings. The Kier molecular flexibility index (Phi) is 4.49. The molecule has 0 saturated carbocycles. The molecule has 0 radical (unpaired) electrons. The molecule has 1 rings (SSSR count). The number of nitrogens with zero attached hydrogens (tertiary/aromatic N) is 2. The van der Waals surface area contributed by atoms with E-state index < -0.39 is 0 Å². The third kappa shape index (κ3) is 3.35. The van der Waals surface area contributed by atoms with Crippen molar-refractivity contribution in [2.24, 2.45) is 0 Å². The Hall–Kier alpha value is -0.470. The standard InChI is InChI=1S/C10H14Cl2N2/c1-8(11)4-6-14(2)10-3-5-13-7-9(10)12/h3,5,7-8H,4,6H2,1-2H3. The van der Waals surface area contributed by atoms with Gasteiger partial charge in [-0.15, -0.1) is 11.6 Å². The largest absolute Gasteiger partial charge is 0.373 e. The first kappa shape index (κ1) is 11.6. The maximum absolute atomic E-state index is 6.00. The molecule has 1 heterocycles. The van der Waals surface area contributed by atoms with Gasteiger partial charge < -0.3 is 4.90 Å². The Labute approximate surface area is 94.8 Å². The van der Waals surface area contributed by atoms with E-state index in [2.05, 4.69) is 9.88 Å². The van der Waals surface area contributed by atoms with Crippen molar-refractivity contribution in [3.05, 3.63) is 23.5 Å². The molecule has 1 unspecified atom stereocenters. The number of hydrogen-bond donors (Lipinski definition) is 0. The van der Waals surface area contributed by atoms with E-state index in [1.54, 1.807) is 12.4 Å². The Balaban J connectivity index is 2.60. The molecule has 1 aromatic heterocycles. The van der Waals surface area contributed by atoms with Crippen LogP contribution >= 0.6 is 23.2 Å². The van der Waals surface area contributed by atoms with Gasteiger partial charge in [-0.05, 0) is 19.4 Å². The molecule has 2 nitrogen and oxygen atoms in total. The molecule has 0 saturated heterocycles. The molecular formula is C10H14Cl2N2. The van der Waals surface area contributed by atoms with E-state index in [0.29, 0.717) is 5.02 Å². The van der Waals surface area contributed by atoms with Gasteiger partial charge in [-0.1, -0.05) is 11.6 Å². The fourth-order valence-electron chi connectivity index (χ4n) is 1.17. The van der Waals surface area contributed by atoms with Crippen LogP contribution in [0.3, 0.4) is 0 Å². The zero-order valence-electron chi connectivity index (χ0n) is 8.37. The third-order valence-corrected chi connectivity index (χ3v) is 2.53. The summed E-state index contributed by atoms with van der Waals surface area (Å²) in [5, 5.41) is 0.871. The Morgan fingerprint density at radius 3 is 2.86 bits per heavy atom. The van der Waals surface area contributed by atoms with Crippen LogP contribution in [-0.4, -0.2) is 24.0 Å². The van der Waals surface area contributed by atoms with Gasteiger partial charge in [0, 0.05) is 31.4 Å². The number of hydrogen-bond acceptors (Lipinski definition) is 2. The van der Waals surface area contributed by atoms with E-state index in [4.69, 9.17) is 23.2 Å². The summed E-state index contributed by atoms with van der Waals surface area (Å²) in [6, 6.07) is 1.90. The van der Waals surface area contributed by atoms with Gasteiger partial charge in [-0.3, -0.25) is 4.98 Å². The number of alkyl halides is 1. The minimum atomic E-state index is 0.193. The molecule has 78 valence electrons. The van der Waals surface area contributed by atoms with Crippen molar-refractivity contribution >= 4 is 28.9 Å². The molecule has 0 amide bonds. The van der Waals surface area contributed by atoms with Gasteiger partial charge in [0.15, 0.2) is 0 Å². The van der Waals surface area contributed by atoms with Crippen molar-refractivity contribution in [1.29, 1.82) is 0 Å². The SMILES string of the molecule is CC(Cl)CCN(C)c1ccncc1Cl. The van der Waals surface area contributed by atoms with E-state index >= 15 is 0 Å². The summed E-state index contributed by atoms with van der Waals surface area (Å²) in [4.78, 5) is 6.02. The first-order valence-electron chi connectivity index (χ1n) is 4.56. The second kappa shape index (κ2) is 5.42. The number of anilines is 1. The highest BCUT2D eigenvalue weighted by atomic mass is 35.5. The van der Waals surface area contributed by atoms with Gasteiger partial charge in [0.25, 0.3) is 0 Å². The van der Waals surface area contributed by atoms with Crippen LogP contribution in [0.15, 0.2) is 18.5 Å². The van der Waals surface area contributed by atoms with Crippen LogP contribution in [0.25, 0.3) is 0 Å². The first-order chi connectivity index (χ1) is 6.61. The second-order valence-electron chi connectivity index (χ2n) is 3.32. The fraction of sp³-hybridized carbons (Fsp3) is 0.500. The lowest BCUT2D eigenvalue weighted by molar-refractivity contribution is 0.773. The number of halogens is 2. The van der Waals surface area contributed by atoms with Crippen molar-refractivity contribution in [1.82, 2.24) is 4.98 Å². The molecule has 0 N–H and O–H groups in total. The summed E-state index contributed by atoms with van der Waals surface area (Å²) >= 11 is 11.9. The van der Waals surface area contributed by atoms with E-state index in [1.807, 2.05) is 20.0 Å². The van der Waals surface area contributed by atoms with Crippen molar-refractivity contribution in [3.63, 3.8) is 0 Å². The molecule has 14 heavy (non-hydrogen) atoms. The average molecular weight is 233 g/mol. The van der Waals surface area contributed by atoms with E-state index in [0.717, 1.165) is 18.7 Å². The van der Waals surface area contributed by atoms with Crippen LogP contribution < -0.4 is 4.90 Å². The summed E-state index contributed by atoms with van der Waals surface area (Å²) in [5.74, 6) is 0. The highest BCUT2D eigenvalue weighted by molar-refractivity contribution is 6.33. The molecule has 1 atom stereocenters. The smallest absolute Gasteiger partial charge is 0.0822 e. The van der Waals surface area contributed by atoms with E-state index in [-0.39, 0.29) is 5.38 Å². The second-order valence-corrected chi connectivity index (χ2v) is 4.47. The van der Waals surface area contributed by atoms with Crippen LogP contribution in [-0.2, 0) is 0 Å². The highest BCUT2D eigenvalue weighted by Gasteiger charge is 2.06. The zero-order chi connectivity index (χ0) is 10.6. The maximum Gasteiger partial charge on any atom is 0.0822 e. The highest BCUT2D eigenvalue weighted by Crippen LogP contribution is 2.23. The Morgan fingerprint density at radius 1 is 1.57 bits per heavy atom. The van der Waals surface area contributed by atoms with Crippen LogP contribution in [0.1, 0.15) is 13.3 Å². The minimum Gasteiger partial charge on any atom is -0.373 e. The van der Waals surface area contributed by atoms with Gasteiger partial charge in [0.1, 0.15) is 0 Å². The predicted octanol–water partition coefficient (Wildman–Crippen LogP) is 3.19. The number of pyridine rings is 1. The average Bonchev–Trinajstić information content (AvgIpc) is 2.15. The quantitative estimate of drug-likeness (QED) is 0.742. The van der Waals surface area contributed by atoms with Gasteiger partial charge in [-0.25, -0.2) is 0 Å². The van der Waals surface area contributed by atoms with Crippen molar-refractivity contribution in [3.8, 4) is 0 Å². The molecule has 0 fully saturated rings. The fourth-order valence-corrected chi connectivity index (χ4v) is 1.53. The van der Waals surface area contributed by atoms with Gasteiger partial charge >= 0.3 is 0 Å². The summed E-state index contributed by atoms with van der Waals surface area (Å²) < 4.78 is 0. The van der Waals surface area contributed by atoms with Crippen LogP contribution in [0.4, 0.5) is 5.69 Å². The van der Waals surface area contributed by atoms with Crippen molar-refractivity contribution in [2.45, 2.75) is 18.7 Å². The monoisotopic (exact) mass is 232 g/mol. The van der Waals surface area contributed by atoms with Crippen molar-refractivity contribution in [2.75, 3.05) is 18.5 Å². The molecule has 0 aliphatic rings. The Morgan fingerprint density at radius 2 is 2.29 bits per heavy atom.